The zero-order valence-electron chi connectivity index (χ0n) is 13.1. The third-order valence-electron chi connectivity index (χ3n) is 4.96. The van der Waals surface area contributed by atoms with Gasteiger partial charge in [0.2, 0.25) is 0 Å². The van der Waals surface area contributed by atoms with E-state index in [1.54, 1.807) is 0 Å². The van der Waals surface area contributed by atoms with Crippen LogP contribution in [-0.2, 0) is 0 Å². The van der Waals surface area contributed by atoms with Gasteiger partial charge in [0.25, 0.3) is 5.91 Å². The average Bonchev–Trinajstić information content (AvgIpc) is 3.44. The Morgan fingerprint density at radius 1 is 1.18 bits per heavy atom. The molecule has 0 aromatic heterocycles. The molecule has 1 aromatic rings. The van der Waals surface area contributed by atoms with Crippen LogP contribution in [0.3, 0.4) is 0 Å². The summed E-state index contributed by atoms with van der Waals surface area (Å²) in [6, 6.07) is 8.26. The molecule has 4 rings (SSSR count). The monoisotopic (exact) mass is 297 g/mol. The predicted molar refractivity (Wildman–Crippen MR) is 88.2 cm³/mol. The van der Waals surface area contributed by atoms with Crippen molar-refractivity contribution in [2.24, 2.45) is 16.9 Å². The number of hydrazone groups is 1. The Hall–Kier alpha value is -1.84. The average molecular weight is 297 g/mol. The van der Waals surface area contributed by atoms with Gasteiger partial charge >= 0.3 is 0 Å². The molecule has 2 fully saturated rings. The quantitative estimate of drug-likeness (QED) is 0.907. The van der Waals surface area contributed by atoms with Gasteiger partial charge in [-0.25, -0.2) is 0 Å². The summed E-state index contributed by atoms with van der Waals surface area (Å²) in [7, 11) is 0. The highest BCUT2D eigenvalue weighted by Crippen LogP contribution is 2.44. The highest BCUT2D eigenvalue weighted by Gasteiger charge is 2.42. The van der Waals surface area contributed by atoms with E-state index < -0.39 is 0 Å². The van der Waals surface area contributed by atoms with E-state index >= 15 is 0 Å². The van der Waals surface area contributed by atoms with Gasteiger partial charge in [0, 0.05) is 30.3 Å². The highest BCUT2D eigenvalue weighted by molar-refractivity contribution is 5.95. The molecule has 116 valence electrons. The second kappa shape index (κ2) is 5.41. The van der Waals surface area contributed by atoms with Gasteiger partial charge in [-0.15, -0.1) is 0 Å². The van der Waals surface area contributed by atoms with E-state index in [0.29, 0.717) is 6.04 Å². The van der Waals surface area contributed by atoms with E-state index in [2.05, 4.69) is 17.3 Å². The molecule has 1 aromatic carbocycles. The molecule has 0 atom stereocenters. The molecule has 4 nitrogen and oxygen atoms in total. The Morgan fingerprint density at radius 2 is 1.82 bits per heavy atom. The fourth-order valence-corrected chi connectivity index (χ4v) is 3.31. The molecule has 22 heavy (non-hydrogen) atoms. The van der Waals surface area contributed by atoms with Gasteiger partial charge in [-0.2, -0.15) is 5.10 Å². The maximum Gasteiger partial charge on any atom is 0.251 e. The van der Waals surface area contributed by atoms with Crippen LogP contribution in [0.5, 0.6) is 0 Å². The number of hydrogen-bond acceptors (Lipinski definition) is 3. The van der Waals surface area contributed by atoms with E-state index in [-0.39, 0.29) is 5.91 Å². The fourth-order valence-electron chi connectivity index (χ4n) is 3.31. The molecule has 2 aliphatic carbocycles. The van der Waals surface area contributed by atoms with Gasteiger partial charge in [0.1, 0.15) is 0 Å². The first kappa shape index (κ1) is 13.8. The van der Waals surface area contributed by atoms with Crippen LogP contribution in [0.15, 0.2) is 29.4 Å². The summed E-state index contributed by atoms with van der Waals surface area (Å²) in [5.41, 5.74) is 2.99. The van der Waals surface area contributed by atoms with E-state index in [0.717, 1.165) is 36.1 Å². The third-order valence-corrected chi connectivity index (χ3v) is 4.96. The highest BCUT2D eigenvalue weighted by atomic mass is 16.1. The molecule has 0 unspecified atom stereocenters. The van der Waals surface area contributed by atoms with Crippen molar-refractivity contribution >= 4 is 17.3 Å². The Bertz CT molecular complexity index is 587. The minimum atomic E-state index is 0.0800. The summed E-state index contributed by atoms with van der Waals surface area (Å²) in [6.07, 6.45) is 6.16. The van der Waals surface area contributed by atoms with Gasteiger partial charge < -0.3 is 5.32 Å². The number of carbonyl (C=O) groups is 1. The van der Waals surface area contributed by atoms with Crippen LogP contribution < -0.4 is 10.3 Å². The molecule has 0 bridgehead atoms. The smallest absolute Gasteiger partial charge is 0.251 e. The van der Waals surface area contributed by atoms with Gasteiger partial charge in [-0.1, -0.05) is 0 Å². The molecular formula is C18H23N3O. The lowest BCUT2D eigenvalue weighted by Gasteiger charge is -2.18. The van der Waals surface area contributed by atoms with Gasteiger partial charge in [0.05, 0.1) is 5.69 Å². The van der Waals surface area contributed by atoms with Crippen LogP contribution >= 0.6 is 0 Å². The van der Waals surface area contributed by atoms with Gasteiger partial charge in [-0.05, 0) is 68.7 Å². The Labute approximate surface area is 131 Å². The molecule has 1 heterocycles. The van der Waals surface area contributed by atoms with E-state index in [1.165, 1.54) is 31.4 Å². The lowest BCUT2D eigenvalue weighted by atomic mass is 10.1. The molecule has 2 saturated carbocycles. The number of rotatable bonds is 5. The number of benzene rings is 1. The minimum absolute atomic E-state index is 0.0800. The summed E-state index contributed by atoms with van der Waals surface area (Å²) in [4.78, 5) is 12.5. The number of nitrogens with one attached hydrogen (secondary N) is 1. The van der Waals surface area contributed by atoms with Crippen LogP contribution in [-0.4, -0.2) is 24.2 Å². The molecular weight excluding hydrogens is 274 g/mol. The van der Waals surface area contributed by atoms with Crippen molar-refractivity contribution in [2.45, 2.75) is 45.1 Å². The summed E-state index contributed by atoms with van der Waals surface area (Å²) in [5.74, 6) is 1.55. The third kappa shape index (κ3) is 2.87. The lowest BCUT2D eigenvalue weighted by Crippen LogP contribution is -2.38. The van der Waals surface area contributed by atoms with E-state index in [1.807, 2.05) is 29.3 Å². The van der Waals surface area contributed by atoms with Gasteiger partial charge in [0.15, 0.2) is 0 Å². The second-order valence-corrected chi connectivity index (χ2v) is 6.93. The number of amides is 1. The standard InChI is InChI=1S/C18H23N3O/c1-12-10-11-21(20-12)16-8-6-15(7-9-16)18(22)19-17(13-2-3-13)14-4-5-14/h6-9,13-14,17H,2-5,10-11H2,1H3,(H,19,22). The summed E-state index contributed by atoms with van der Waals surface area (Å²) < 4.78 is 0. The van der Waals surface area contributed by atoms with E-state index in [9.17, 15) is 4.79 Å². The normalized spacial score (nSPS) is 21.2. The summed E-state index contributed by atoms with van der Waals surface area (Å²) in [5, 5.41) is 9.78. The number of carbonyl (C=O) groups excluding carboxylic acids is 1. The first-order chi connectivity index (χ1) is 10.7. The van der Waals surface area contributed by atoms with Crippen molar-refractivity contribution in [1.82, 2.24) is 5.32 Å². The zero-order chi connectivity index (χ0) is 15.1. The zero-order valence-corrected chi connectivity index (χ0v) is 13.1. The van der Waals surface area contributed by atoms with Crippen molar-refractivity contribution in [2.75, 3.05) is 11.6 Å². The summed E-state index contributed by atoms with van der Waals surface area (Å²) in [6.45, 7) is 2.99. The van der Waals surface area contributed by atoms with E-state index in [4.69, 9.17) is 0 Å². The van der Waals surface area contributed by atoms with Crippen molar-refractivity contribution in [1.29, 1.82) is 0 Å². The molecule has 0 saturated heterocycles. The predicted octanol–water partition coefficient (Wildman–Crippen LogP) is 3.19. The van der Waals surface area contributed by atoms with Crippen molar-refractivity contribution in [3.63, 3.8) is 0 Å². The van der Waals surface area contributed by atoms with Crippen LogP contribution in [0.1, 0.15) is 49.4 Å². The first-order valence-electron chi connectivity index (χ1n) is 8.43. The molecule has 0 radical (unpaired) electrons. The molecule has 1 N–H and O–H groups in total. The molecule has 1 aliphatic heterocycles. The van der Waals surface area contributed by atoms with Crippen LogP contribution in [0.2, 0.25) is 0 Å². The molecule has 1 amide bonds. The maximum atomic E-state index is 12.5. The molecule has 3 aliphatic rings. The van der Waals surface area contributed by atoms with Crippen LogP contribution in [0.4, 0.5) is 5.69 Å². The SMILES string of the molecule is CC1=NN(c2ccc(C(=O)NC(C3CC3)C3CC3)cc2)CC1. The number of nitrogens with zero attached hydrogens (tertiary/aromatic N) is 2. The van der Waals surface area contributed by atoms with Crippen LogP contribution in [0, 0.1) is 11.8 Å². The topological polar surface area (TPSA) is 44.7 Å². The first-order valence-corrected chi connectivity index (χ1v) is 8.43. The fraction of sp³-hybridized carbons (Fsp3) is 0.556. The molecule has 0 spiro atoms. The lowest BCUT2D eigenvalue weighted by molar-refractivity contribution is 0.0926. The largest absolute Gasteiger partial charge is 0.349 e. The summed E-state index contributed by atoms with van der Waals surface area (Å²) >= 11 is 0. The second-order valence-electron chi connectivity index (χ2n) is 6.93. The maximum absolute atomic E-state index is 12.5. The van der Waals surface area contributed by atoms with Gasteiger partial charge in [-0.3, -0.25) is 9.80 Å². The Kier molecular flexibility index (Phi) is 3.40. The number of anilines is 1. The van der Waals surface area contributed by atoms with Crippen molar-refractivity contribution in [3.05, 3.63) is 29.8 Å². The molecule has 4 heteroatoms. The Morgan fingerprint density at radius 3 is 2.32 bits per heavy atom. The van der Waals surface area contributed by atoms with Crippen molar-refractivity contribution in [3.8, 4) is 0 Å². The van der Waals surface area contributed by atoms with Crippen LogP contribution in [0.25, 0.3) is 0 Å². The van der Waals surface area contributed by atoms with Crippen molar-refractivity contribution < 1.29 is 4.79 Å². The Balaban J connectivity index is 1.42. The number of hydrogen-bond donors (Lipinski definition) is 1. The minimum Gasteiger partial charge on any atom is -0.349 e.